The van der Waals surface area contributed by atoms with Crippen molar-refractivity contribution in [3.63, 3.8) is 0 Å². The number of aromatic nitrogens is 3. The van der Waals surface area contributed by atoms with Crippen LogP contribution in [0.15, 0.2) is 18.6 Å². The van der Waals surface area contributed by atoms with E-state index in [9.17, 15) is 0 Å². The molecule has 2 aromatic heterocycles. The molecule has 1 fully saturated rings. The summed E-state index contributed by atoms with van der Waals surface area (Å²) in [6, 6.07) is 0. The van der Waals surface area contributed by atoms with Gasteiger partial charge < -0.3 is 15.0 Å². The number of nitrogens with one attached hydrogen (secondary N) is 2. The predicted molar refractivity (Wildman–Crippen MR) is 86.8 cm³/mol. The molecular formula is C16H25N5. The third kappa shape index (κ3) is 2.82. The molecule has 0 spiro atoms. The minimum Gasteiger partial charge on any atom is -0.369 e. The van der Waals surface area contributed by atoms with Crippen molar-refractivity contribution in [2.24, 2.45) is 11.3 Å². The van der Waals surface area contributed by atoms with Crippen molar-refractivity contribution in [3.05, 3.63) is 18.6 Å². The topological polar surface area (TPSA) is 54.2 Å². The van der Waals surface area contributed by atoms with Crippen molar-refractivity contribution in [2.45, 2.75) is 40.0 Å². The van der Waals surface area contributed by atoms with Crippen LogP contribution >= 0.6 is 0 Å². The summed E-state index contributed by atoms with van der Waals surface area (Å²) < 4.78 is 2.03. The average Bonchev–Trinajstić information content (AvgIpc) is 3.13. The number of imidazole rings is 1. The second-order valence-corrected chi connectivity index (χ2v) is 6.43. The van der Waals surface area contributed by atoms with Crippen molar-refractivity contribution in [1.82, 2.24) is 14.4 Å². The highest BCUT2D eigenvalue weighted by atomic mass is 15.1. The van der Waals surface area contributed by atoms with Gasteiger partial charge in [0.15, 0.2) is 11.5 Å². The van der Waals surface area contributed by atoms with Crippen LogP contribution in [0.5, 0.6) is 0 Å². The lowest BCUT2D eigenvalue weighted by Crippen LogP contribution is -2.22. The summed E-state index contributed by atoms with van der Waals surface area (Å²) in [4.78, 5) is 9.11. The molecule has 0 aliphatic heterocycles. The third-order valence-electron chi connectivity index (χ3n) is 4.66. The zero-order valence-electron chi connectivity index (χ0n) is 13.2. The van der Waals surface area contributed by atoms with Gasteiger partial charge in [-0.2, -0.15) is 0 Å². The molecule has 0 radical (unpaired) electrons. The van der Waals surface area contributed by atoms with Crippen LogP contribution in [0, 0.1) is 11.3 Å². The summed E-state index contributed by atoms with van der Waals surface area (Å²) in [5.41, 5.74) is 1.36. The van der Waals surface area contributed by atoms with Crippen molar-refractivity contribution >= 4 is 17.3 Å². The van der Waals surface area contributed by atoms with E-state index in [1.807, 2.05) is 23.0 Å². The van der Waals surface area contributed by atoms with Gasteiger partial charge in [-0.15, -0.1) is 0 Å². The largest absolute Gasteiger partial charge is 0.369 e. The lowest BCUT2D eigenvalue weighted by Gasteiger charge is -2.20. The Morgan fingerprint density at radius 1 is 1.33 bits per heavy atom. The highest BCUT2D eigenvalue weighted by Gasteiger charge is 2.45. The normalized spacial score (nSPS) is 16.4. The minimum absolute atomic E-state index is 0.456. The van der Waals surface area contributed by atoms with Gasteiger partial charge >= 0.3 is 0 Å². The fraction of sp³-hybridized carbons (Fsp3) is 0.625. The molecule has 0 saturated heterocycles. The second kappa shape index (κ2) is 5.54. The highest BCUT2D eigenvalue weighted by Crippen LogP contribution is 2.51. The molecular weight excluding hydrogens is 262 g/mol. The Balaban J connectivity index is 1.81. The molecule has 2 heterocycles. The third-order valence-corrected chi connectivity index (χ3v) is 4.66. The smallest absolute Gasteiger partial charge is 0.180 e. The summed E-state index contributed by atoms with van der Waals surface area (Å²) in [7, 11) is 0. The van der Waals surface area contributed by atoms with Crippen LogP contribution in [0.2, 0.25) is 0 Å². The molecule has 1 aliphatic carbocycles. The first-order valence-corrected chi connectivity index (χ1v) is 7.96. The molecule has 0 atom stereocenters. The van der Waals surface area contributed by atoms with Crippen molar-refractivity contribution in [1.29, 1.82) is 0 Å². The van der Waals surface area contributed by atoms with Crippen LogP contribution in [0.3, 0.4) is 0 Å². The first kappa shape index (κ1) is 14.2. The van der Waals surface area contributed by atoms with Gasteiger partial charge in [0.25, 0.3) is 0 Å². The maximum absolute atomic E-state index is 4.70. The van der Waals surface area contributed by atoms with E-state index < -0.39 is 0 Å². The highest BCUT2D eigenvalue weighted by molar-refractivity contribution is 5.65. The molecule has 114 valence electrons. The molecule has 0 bridgehead atoms. The van der Waals surface area contributed by atoms with Gasteiger partial charge in [-0.05, 0) is 30.6 Å². The van der Waals surface area contributed by atoms with Crippen LogP contribution in [-0.4, -0.2) is 27.5 Å². The fourth-order valence-corrected chi connectivity index (χ4v) is 2.77. The molecule has 5 nitrogen and oxygen atoms in total. The average molecular weight is 287 g/mol. The van der Waals surface area contributed by atoms with Gasteiger partial charge in [0.2, 0.25) is 0 Å². The van der Waals surface area contributed by atoms with Gasteiger partial charge in [0.1, 0.15) is 5.82 Å². The van der Waals surface area contributed by atoms with Crippen LogP contribution < -0.4 is 10.6 Å². The van der Waals surface area contributed by atoms with E-state index >= 15 is 0 Å². The molecule has 2 N–H and O–H groups in total. The number of hydrogen-bond acceptors (Lipinski definition) is 4. The predicted octanol–water partition coefficient (Wildman–Crippen LogP) is 3.40. The van der Waals surface area contributed by atoms with Crippen LogP contribution in [-0.2, 0) is 0 Å². The summed E-state index contributed by atoms with van der Waals surface area (Å²) in [5, 5.41) is 6.89. The van der Waals surface area contributed by atoms with Crippen molar-refractivity contribution in [2.75, 3.05) is 23.7 Å². The standard InChI is InChI=1S/C16H25N5/c1-4-7-17-13-10-21-9-8-18-15(21)14(20-13)19-11-16(5-6-16)12(2)3/h8-10,12,17H,4-7,11H2,1-3H3,(H,19,20). The zero-order chi connectivity index (χ0) is 14.9. The number of hydrogen-bond donors (Lipinski definition) is 2. The summed E-state index contributed by atoms with van der Waals surface area (Å²) in [6.07, 6.45) is 9.50. The van der Waals surface area contributed by atoms with E-state index in [0.717, 1.165) is 36.8 Å². The summed E-state index contributed by atoms with van der Waals surface area (Å²) in [6.45, 7) is 8.69. The summed E-state index contributed by atoms with van der Waals surface area (Å²) >= 11 is 0. The second-order valence-electron chi connectivity index (χ2n) is 6.43. The van der Waals surface area contributed by atoms with E-state index in [-0.39, 0.29) is 0 Å². The Labute approximate surface area is 126 Å². The zero-order valence-corrected chi connectivity index (χ0v) is 13.2. The Hall–Kier alpha value is -1.78. The fourth-order valence-electron chi connectivity index (χ4n) is 2.77. The monoisotopic (exact) mass is 287 g/mol. The molecule has 0 amide bonds. The molecule has 1 aliphatic rings. The number of anilines is 2. The van der Waals surface area contributed by atoms with Crippen molar-refractivity contribution < 1.29 is 0 Å². The molecule has 5 heteroatoms. The Morgan fingerprint density at radius 2 is 2.14 bits per heavy atom. The molecule has 3 rings (SSSR count). The first-order chi connectivity index (χ1) is 10.1. The maximum atomic E-state index is 4.70. The molecule has 21 heavy (non-hydrogen) atoms. The Morgan fingerprint density at radius 3 is 2.81 bits per heavy atom. The molecule has 2 aromatic rings. The van der Waals surface area contributed by atoms with Gasteiger partial charge in [0, 0.05) is 25.5 Å². The van der Waals surface area contributed by atoms with Crippen LogP contribution in [0.1, 0.15) is 40.0 Å². The van der Waals surface area contributed by atoms with Crippen molar-refractivity contribution in [3.8, 4) is 0 Å². The maximum Gasteiger partial charge on any atom is 0.180 e. The molecule has 0 aromatic carbocycles. The van der Waals surface area contributed by atoms with E-state index in [0.29, 0.717) is 11.3 Å². The number of nitrogens with zero attached hydrogens (tertiary/aromatic N) is 3. The molecule has 1 saturated carbocycles. The summed E-state index contributed by atoms with van der Waals surface area (Å²) in [5.74, 6) is 2.49. The van der Waals surface area contributed by atoms with E-state index in [4.69, 9.17) is 4.98 Å². The van der Waals surface area contributed by atoms with E-state index in [1.54, 1.807) is 0 Å². The first-order valence-electron chi connectivity index (χ1n) is 7.96. The SMILES string of the molecule is CCCNc1cn2ccnc2c(NCC2(C(C)C)CC2)n1. The van der Waals surface area contributed by atoms with Crippen LogP contribution in [0.4, 0.5) is 11.6 Å². The Bertz CT molecular complexity index is 612. The van der Waals surface area contributed by atoms with E-state index in [1.165, 1.54) is 12.8 Å². The minimum atomic E-state index is 0.456. The van der Waals surface area contributed by atoms with Crippen LogP contribution in [0.25, 0.3) is 5.65 Å². The van der Waals surface area contributed by atoms with Gasteiger partial charge in [-0.25, -0.2) is 9.97 Å². The van der Waals surface area contributed by atoms with E-state index in [2.05, 4.69) is 36.4 Å². The van der Waals surface area contributed by atoms with Gasteiger partial charge in [0.05, 0.1) is 6.20 Å². The van der Waals surface area contributed by atoms with Gasteiger partial charge in [-0.3, -0.25) is 0 Å². The lowest BCUT2D eigenvalue weighted by atomic mass is 9.92. The lowest BCUT2D eigenvalue weighted by molar-refractivity contribution is 0.380. The number of fused-ring (bicyclic) bond motifs is 1. The number of rotatable bonds is 7. The Kier molecular flexibility index (Phi) is 3.74. The molecule has 0 unspecified atom stereocenters. The van der Waals surface area contributed by atoms with Gasteiger partial charge in [-0.1, -0.05) is 20.8 Å². The quantitative estimate of drug-likeness (QED) is 0.819.